The van der Waals surface area contributed by atoms with Gasteiger partial charge in [0.15, 0.2) is 0 Å². The van der Waals surface area contributed by atoms with Crippen molar-refractivity contribution in [1.29, 1.82) is 0 Å². The number of nitrogens with one attached hydrogen (secondary N) is 2. The summed E-state index contributed by atoms with van der Waals surface area (Å²) in [5.74, 6) is -0.427. The fourth-order valence-corrected chi connectivity index (χ4v) is 6.51. The molecule has 1 saturated carbocycles. The maximum atomic E-state index is 13.4. The highest BCUT2D eigenvalue weighted by Crippen LogP contribution is 2.40. The van der Waals surface area contributed by atoms with Crippen LogP contribution in [0.4, 0.5) is 15.8 Å². The van der Waals surface area contributed by atoms with Gasteiger partial charge in [0.05, 0.1) is 16.3 Å². The summed E-state index contributed by atoms with van der Waals surface area (Å²) in [6.07, 6.45) is 2.84. The van der Waals surface area contributed by atoms with Gasteiger partial charge in [-0.3, -0.25) is 14.3 Å². The first-order chi connectivity index (χ1) is 17.8. The number of pyridine rings is 1. The van der Waals surface area contributed by atoms with E-state index in [1.54, 1.807) is 30.3 Å². The maximum absolute atomic E-state index is 13.4. The summed E-state index contributed by atoms with van der Waals surface area (Å²) in [6.45, 7) is 1.87. The van der Waals surface area contributed by atoms with Crippen LogP contribution in [0.3, 0.4) is 0 Å². The van der Waals surface area contributed by atoms with E-state index in [1.165, 1.54) is 12.1 Å². The van der Waals surface area contributed by atoms with Gasteiger partial charge >= 0.3 is 0 Å². The van der Waals surface area contributed by atoms with Crippen LogP contribution in [-0.4, -0.2) is 38.0 Å². The Hall–Kier alpha value is -3.66. The first-order valence-electron chi connectivity index (χ1n) is 12.4. The maximum Gasteiger partial charge on any atom is 0.261 e. The minimum Gasteiger partial charge on any atom is -0.369 e. The molecule has 6 rings (SSSR count). The topological polar surface area (TPSA) is 101 Å². The van der Waals surface area contributed by atoms with E-state index in [0.717, 1.165) is 37.1 Å². The minimum absolute atomic E-state index is 0.000532. The summed E-state index contributed by atoms with van der Waals surface area (Å²) in [4.78, 5) is 27.2. The summed E-state index contributed by atoms with van der Waals surface area (Å²) < 4.78 is 44.4. The molecule has 192 valence electrons. The molecule has 2 aliphatic heterocycles. The van der Waals surface area contributed by atoms with Gasteiger partial charge in [-0.1, -0.05) is 6.07 Å². The monoisotopic (exact) mass is 522 g/mol. The van der Waals surface area contributed by atoms with Crippen molar-refractivity contribution in [2.75, 3.05) is 22.7 Å². The summed E-state index contributed by atoms with van der Waals surface area (Å²) in [6, 6.07) is 15.2. The largest absolute Gasteiger partial charge is 0.369 e. The van der Waals surface area contributed by atoms with E-state index in [0.29, 0.717) is 30.9 Å². The van der Waals surface area contributed by atoms with Gasteiger partial charge in [0.2, 0.25) is 0 Å². The number of piperidine rings is 1. The van der Waals surface area contributed by atoms with Crippen molar-refractivity contribution in [3.05, 3.63) is 88.1 Å². The zero-order chi connectivity index (χ0) is 25.7. The van der Waals surface area contributed by atoms with E-state index in [4.69, 9.17) is 0 Å². The molecule has 0 unspecified atom stereocenters. The number of carbonyl (C=O) groups is 1. The molecule has 0 radical (unpaired) electrons. The number of carbonyl (C=O) groups excluding carboxylic acids is 1. The van der Waals surface area contributed by atoms with E-state index in [2.05, 4.69) is 14.9 Å². The highest BCUT2D eigenvalue weighted by molar-refractivity contribution is 7.92. The van der Waals surface area contributed by atoms with Crippen LogP contribution in [0.25, 0.3) is 0 Å². The summed E-state index contributed by atoms with van der Waals surface area (Å²) in [5, 5.41) is 2.94. The lowest BCUT2D eigenvalue weighted by molar-refractivity contribution is 0.0951. The number of amides is 1. The number of rotatable bonds is 6. The third kappa shape index (κ3) is 4.73. The molecule has 3 aliphatic rings. The first kappa shape index (κ1) is 23.7. The molecule has 2 fully saturated rings. The fraction of sp³-hybridized carbons (Fsp3) is 0.333. The molecule has 8 nitrogen and oxygen atoms in total. The SMILES string of the molecule is O=C(NC1CC1)c1ccc(N2C[C@H]3C[C@@H](C2)c2cccc(=O)n2C3)c(NS(=O)(=O)c2ccc(F)cc2)c1. The standard InChI is InChI=1S/C27H27FN4O4S/c28-20-5-9-22(10-6-20)37(35,36)30-23-13-18(27(34)29-21-7-8-21)4-11-25(23)31-14-17-12-19(16-31)24-2-1-3-26(33)32(24)15-17/h1-6,9-11,13,17,19,21,30H,7-8,12,14-16H2,(H,29,34)/t17-,19+/m1/s1. The molecule has 2 bridgehead atoms. The molecular formula is C27H27FN4O4S. The smallest absolute Gasteiger partial charge is 0.261 e. The van der Waals surface area contributed by atoms with E-state index >= 15 is 0 Å². The van der Waals surface area contributed by atoms with E-state index in [-0.39, 0.29) is 39.9 Å². The Morgan fingerprint density at radius 3 is 2.51 bits per heavy atom. The predicted molar refractivity (Wildman–Crippen MR) is 138 cm³/mol. The van der Waals surface area contributed by atoms with E-state index < -0.39 is 15.8 Å². The lowest BCUT2D eigenvalue weighted by Crippen LogP contribution is -2.47. The number of fused-ring (bicyclic) bond motifs is 4. The van der Waals surface area contributed by atoms with Crippen LogP contribution in [0.1, 0.15) is 41.2 Å². The number of aromatic nitrogens is 1. The number of benzene rings is 2. The van der Waals surface area contributed by atoms with Crippen LogP contribution in [0.2, 0.25) is 0 Å². The van der Waals surface area contributed by atoms with Crippen LogP contribution >= 0.6 is 0 Å². The third-order valence-corrected chi connectivity index (χ3v) is 8.74. The molecule has 3 aromatic rings. The van der Waals surface area contributed by atoms with Crippen molar-refractivity contribution in [3.8, 4) is 0 Å². The van der Waals surface area contributed by atoms with Crippen molar-refractivity contribution >= 4 is 27.3 Å². The number of nitrogens with zero attached hydrogens (tertiary/aromatic N) is 2. The molecule has 1 amide bonds. The van der Waals surface area contributed by atoms with Gasteiger partial charge in [-0.15, -0.1) is 0 Å². The molecule has 1 aromatic heterocycles. The Kier molecular flexibility index (Phi) is 5.78. The molecule has 2 N–H and O–H groups in total. The van der Waals surface area contributed by atoms with Crippen molar-refractivity contribution in [2.45, 2.75) is 42.7 Å². The molecule has 10 heteroatoms. The Labute approximate surface area is 214 Å². The second kappa shape index (κ2) is 9.02. The van der Waals surface area contributed by atoms with Crippen molar-refractivity contribution in [3.63, 3.8) is 0 Å². The first-order valence-corrected chi connectivity index (χ1v) is 13.9. The average molecular weight is 523 g/mol. The van der Waals surface area contributed by atoms with Gasteiger partial charge in [-0.2, -0.15) is 0 Å². The Balaban J connectivity index is 1.36. The molecule has 0 spiro atoms. The van der Waals surface area contributed by atoms with Crippen LogP contribution in [-0.2, 0) is 16.6 Å². The van der Waals surface area contributed by atoms with Crippen molar-refractivity contribution < 1.29 is 17.6 Å². The van der Waals surface area contributed by atoms with Crippen molar-refractivity contribution in [1.82, 2.24) is 9.88 Å². The summed E-state index contributed by atoms with van der Waals surface area (Å²) in [5.41, 5.74) is 2.30. The van der Waals surface area contributed by atoms with Crippen molar-refractivity contribution in [2.24, 2.45) is 5.92 Å². The van der Waals surface area contributed by atoms with Gasteiger partial charge in [0.25, 0.3) is 21.5 Å². The zero-order valence-corrected chi connectivity index (χ0v) is 20.9. The highest BCUT2D eigenvalue weighted by atomic mass is 32.2. The second-order valence-corrected chi connectivity index (χ2v) is 11.8. The zero-order valence-electron chi connectivity index (χ0n) is 20.1. The van der Waals surface area contributed by atoms with Crippen LogP contribution in [0.5, 0.6) is 0 Å². The quantitative estimate of drug-likeness (QED) is 0.518. The summed E-state index contributed by atoms with van der Waals surface area (Å²) in [7, 11) is -4.04. The average Bonchev–Trinajstić information content (AvgIpc) is 3.68. The Morgan fingerprint density at radius 1 is 0.973 bits per heavy atom. The minimum atomic E-state index is -4.04. The number of hydrogen-bond acceptors (Lipinski definition) is 5. The van der Waals surface area contributed by atoms with E-state index in [9.17, 15) is 22.4 Å². The van der Waals surface area contributed by atoms with Gasteiger partial charge in [-0.05, 0) is 73.7 Å². The lowest BCUT2D eigenvalue weighted by atomic mass is 9.83. The highest BCUT2D eigenvalue weighted by Gasteiger charge is 2.36. The van der Waals surface area contributed by atoms with Gasteiger partial charge in [0.1, 0.15) is 5.82 Å². The van der Waals surface area contributed by atoms with Gasteiger partial charge in [0, 0.05) is 48.9 Å². The number of anilines is 2. The predicted octanol–water partition coefficient (Wildman–Crippen LogP) is 3.30. The van der Waals surface area contributed by atoms with Gasteiger partial charge < -0.3 is 14.8 Å². The van der Waals surface area contributed by atoms with E-state index in [1.807, 2.05) is 10.6 Å². The lowest BCUT2D eigenvalue weighted by Gasteiger charge is -2.44. The van der Waals surface area contributed by atoms with Crippen LogP contribution in [0.15, 0.2) is 70.4 Å². The number of halogens is 1. The summed E-state index contributed by atoms with van der Waals surface area (Å²) >= 11 is 0. The molecule has 2 atom stereocenters. The molecule has 1 saturated heterocycles. The molecule has 37 heavy (non-hydrogen) atoms. The second-order valence-electron chi connectivity index (χ2n) is 10.1. The normalized spacial score (nSPS) is 20.7. The molecular weight excluding hydrogens is 495 g/mol. The Morgan fingerprint density at radius 2 is 1.76 bits per heavy atom. The Bertz CT molecular complexity index is 1530. The van der Waals surface area contributed by atoms with Crippen LogP contribution in [0, 0.1) is 11.7 Å². The van der Waals surface area contributed by atoms with Crippen LogP contribution < -0.4 is 20.5 Å². The third-order valence-electron chi connectivity index (χ3n) is 7.36. The molecule has 3 heterocycles. The van der Waals surface area contributed by atoms with Gasteiger partial charge in [-0.25, -0.2) is 12.8 Å². The fourth-order valence-electron chi connectivity index (χ4n) is 5.44. The molecule has 2 aromatic carbocycles. The number of sulfonamides is 1. The molecule has 1 aliphatic carbocycles. The number of hydrogen-bond donors (Lipinski definition) is 2.